The van der Waals surface area contributed by atoms with Crippen LogP contribution in [0.3, 0.4) is 0 Å². The Morgan fingerprint density at radius 1 is 1.38 bits per heavy atom. The van der Waals surface area contributed by atoms with Crippen molar-refractivity contribution in [1.82, 2.24) is 10.2 Å². The number of ether oxygens (including phenoxy) is 1. The van der Waals surface area contributed by atoms with Gasteiger partial charge < -0.3 is 15.0 Å². The molecule has 1 amide bonds. The zero-order chi connectivity index (χ0) is 14.9. The Morgan fingerprint density at radius 3 is 2.95 bits per heavy atom. The van der Waals surface area contributed by atoms with Gasteiger partial charge in [-0.2, -0.15) is 0 Å². The van der Waals surface area contributed by atoms with E-state index >= 15 is 0 Å². The summed E-state index contributed by atoms with van der Waals surface area (Å²) < 4.78 is 5.59. The van der Waals surface area contributed by atoms with E-state index in [4.69, 9.17) is 4.74 Å². The van der Waals surface area contributed by atoms with Crippen LogP contribution in [-0.2, 0) is 16.1 Å². The molecule has 0 aromatic heterocycles. The average molecular weight is 290 g/mol. The summed E-state index contributed by atoms with van der Waals surface area (Å²) in [7, 11) is 2.11. The van der Waals surface area contributed by atoms with Gasteiger partial charge in [0.2, 0.25) is 5.91 Å². The fraction of sp³-hybridized carbons (Fsp3) is 0.588. The zero-order valence-electron chi connectivity index (χ0n) is 12.9. The van der Waals surface area contributed by atoms with Crippen LogP contribution in [0.5, 0.6) is 0 Å². The number of likely N-dealkylation sites (N-methyl/N-ethyl adjacent to an activating group) is 1. The largest absolute Gasteiger partial charge is 0.377 e. The van der Waals surface area contributed by atoms with Gasteiger partial charge in [-0.05, 0) is 38.4 Å². The number of carbonyl (C=O) groups is 1. The lowest BCUT2D eigenvalue weighted by Gasteiger charge is -2.30. The molecule has 1 heterocycles. The molecule has 21 heavy (non-hydrogen) atoms. The van der Waals surface area contributed by atoms with Gasteiger partial charge in [0, 0.05) is 25.6 Å². The van der Waals surface area contributed by atoms with Crippen LogP contribution in [0, 0.1) is 0 Å². The van der Waals surface area contributed by atoms with Gasteiger partial charge in [-0.1, -0.05) is 30.3 Å². The van der Waals surface area contributed by atoms with Gasteiger partial charge in [0.25, 0.3) is 0 Å². The van der Waals surface area contributed by atoms with E-state index in [-0.39, 0.29) is 5.91 Å². The van der Waals surface area contributed by atoms with Crippen molar-refractivity contribution < 1.29 is 9.53 Å². The Balaban J connectivity index is 1.53. The molecular weight excluding hydrogens is 264 g/mol. The SMILES string of the molecule is CN1CCC[C@H](NC(=O)CCCOCc2ccccc2)C1. The molecule has 0 radical (unpaired) electrons. The minimum Gasteiger partial charge on any atom is -0.377 e. The predicted molar refractivity (Wildman–Crippen MR) is 84.0 cm³/mol. The fourth-order valence-electron chi connectivity index (χ4n) is 2.68. The summed E-state index contributed by atoms with van der Waals surface area (Å²) in [6.45, 7) is 3.36. The van der Waals surface area contributed by atoms with Crippen LogP contribution in [-0.4, -0.2) is 43.6 Å². The number of benzene rings is 1. The topological polar surface area (TPSA) is 41.6 Å². The lowest BCUT2D eigenvalue weighted by atomic mass is 10.1. The van der Waals surface area contributed by atoms with Crippen molar-refractivity contribution in [2.75, 3.05) is 26.7 Å². The van der Waals surface area contributed by atoms with Gasteiger partial charge in [0.1, 0.15) is 0 Å². The second-order valence-electron chi connectivity index (χ2n) is 5.81. The molecular formula is C17H26N2O2. The molecule has 1 aliphatic heterocycles. The number of likely N-dealkylation sites (tertiary alicyclic amines) is 1. The second-order valence-corrected chi connectivity index (χ2v) is 5.81. The third kappa shape index (κ3) is 6.27. The molecule has 0 aliphatic carbocycles. The van der Waals surface area contributed by atoms with Gasteiger partial charge in [0.05, 0.1) is 6.61 Å². The Kier molecular flexibility index (Phi) is 6.70. The molecule has 1 aromatic rings. The summed E-state index contributed by atoms with van der Waals surface area (Å²) in [5, 5.41) is 3.12. The minimum absolute atomic E-state index is 0.151. The van der Waals surface area contributed by atoms with Crippen molar-refractivity contribution in [3.63, 3.8) is 0 Å². The highest BCUT2D eigenvalue weighted by molar-refractivity contribution is 5.76. The molecule has 1 aromatic carbocycles. The van der Waals surface area contributed by atoms with E-state index in [1.807, 2.05) is 30.3 Å². The monoisotopic (exact) mass is 290 g/mol. The van der Waals surface area contributed by atoms with Crippen LogP contribution in [0.2, 0.25) is 0 Å². The third-order valence-electron chi connectivity index (χ3n) is 3.79. The van der Waals surface area contributed by atoms with E-state index in [9.17, 15) is 4.79 Å². The summed E-state index contributed by atoms with van der Waals surface area (Å²) >= 11 is 0. The van der Waals surface area contributed by atoms with Crippen LogP contribution in [0.4, 0.5) is 0 Å². The number of hydrogen-bond acceptors (Lipinski definition) is 3. The first-order valence-corrected chi connectivity index (χ1v) is 7.83. The van der Waals surface area contributed by atoms with Crippen LogP contribution in [0.15, 0.2) is 30.3 Å². The molecule has 4 nitrogen and oxygen atoms in total. The minimum atomic E-state index is 0.151. The maximum Gasteiger partial charge on any atom is 0.220 e. The lowest BCUT2D eigenvalue weighted by Crippen LogP contribution is -2.46. The highest BCUT2D eigenvalue weighted by Gasteiger charge is 2.18. The first kappa shape index (κ1) is 16.0. The van der Waals surface area contributed by atoms with Gasteiger partial charge in [-0.3, -0.25) is 4.79 Å². The fourth-order valence-corrected chi connectivity index (χ4v) is 2.68. The Labute approximate surface area is 127 Å². The molecule has 1 N–H and O–H groups in total. The number of nitrogens with one attached hydrogen (secondary N) is 1. The zero-order valence-corrected chi connectivity index (χ0v) is 12.9. The highest BCUT2D eigenvalue weighted by Crippen LogP contribution is 2.08. The number of carbonyl (C=O) groups excluding carboxylic acids is 1. The Morgan fingerprint density at radius 2 is 2.19 bits per heavy atom. The molecule has 1 fully saturated rings. The van der Waals surface area contributed by atoms with Crippen molar-refractivity contribution >= 4 is 5.91 Å². The number of hydrogen-bond donors (Lipinski definition) is 1. The van der Waals surface area contributed by atoms with E-state index in [1.165, 1.54) is 12.0 Å². The maximum atomic E-state index is 11.9. The lowest BCUT2D eigenvalue weighted by molar-refractivity contribution is -0.122. The Bertz CT molecular complexity index is 422. The maximum absolute atomic E-state index is 11.9. The first-order chi connectivity index (χ1) is 10.2. The van der Waals surface area contributed by atoms with Crippen molar-refractivity contribution in [3.8, 4) is 0 Å². The van der Waals surface area contributed by atoms with Crippen molar-refractivity contribution in [3.05, 3.63) is 35.9 Å². The molecule has 2 rings (SSSR count). The number of piperidine rings is 1. The van der Waals surface area contributed by atoms with Crippen LogP contribution in [0.25, 0.3) is 0 Å². The summed E-state index contributed by atoms with van der Waals surface area (Å²) in [4.78, 5) is 14.1. The predicted octanol–water partition coefficient (Wildman–Crippen LogP) is 2.19. The molecule has 4 heteroatoms. The molecule has 0 bridgehead atoms. The van der Waals surface area contributed by atoms with E-state index in [0.29, 0.717) is 25.7 Å². The van der Waals surface area contributed by atoms with Crippen molar-refractivity contribution in [2.24, 2.45) is 0 Å². The highest BCUT2D eigenvalue weighted by atomic mass is 16.5. The molecule has 1 aliphatic rings. The van der Waals surface area contributed by atoms with E-state index in [0.717, 1.165) is 25.9 Å². The standard InChI is InChI=1S/C17H26N2O2/c1-19-11-5-9-16(13-19)18-17(20)10-6-12-21-14-15-7-3-2-4-8-15/h2-4,7-8,16H,5-6,9-14H2,1H3,(H,18,20)/t16-/m0/s1. The molecule has 0 spiro atoms. The quantitative estimate of drug-likeness (QED) is 0.783. The van der Waals surface area contributed by atoms with E-state index in [1.54, 1.807) is 0 Å². The normalized spacial score (nSPS) is 19.4. The molecule has 0 unspecified atom stereocenters. The summed E-state index contributed by atoms with van der Waals surface area (Å²) in [6.07, 6.45) is 3.60. The first-order valence-electron chi connectivity index (χ1n) is 7.83. The van der Waals surface area contributed by atoms with Crippen LogP contribution < -0.4 is 5.32 Å². The Hall–Kier alpha value is -1.39. The smallest absolute Gasteiger partial charge is 0.220 e. The van der Waals surface area contributed by atoms with Gasteiger partial charge in [-0.15, -0.1) is 0 Å². The third-order valence-corrected chi connectivity index (χ3v) is 3.79. The van der Waals surface area contributed by atoms with Crippen molar-refractivity contribution in [1.29, 1.82) is 0 Å². The molecule has 0 saturated carbocycles. The van der Waals surface area contributed by atoms with E-state index < -0.39 is 0 Å². The van der Waals surface area contributed by atoms with E-state index in [2.05, 4.69) is 17.3 Å². The van der Waals surface area contributed by atoms with Crippen LogP contribution in [0.1, 0.15) is 31.2 Å². The number of nitrogens with zero attached hydrogens (tertiary/aromatic N) is 1. The van der Waals surface area contributed by atoms with Crippen LogP contribution >= 0.6 is 0 Å². The second kappa shape index (κ2) is 8.80. The number of amides is 1. The van der Waals surface area contributed by atoms with Crippen molar-refractivity contribution in [2.45, 2.75) is 38.3 Å². The molecule has 1 atom stereocenters. The molecule has 1 saturated heterocycles. The summed E-state index contributed by atoms with van der Waals surface area (Å²) in [6, 6.07) is 10.4. The summed E-state index contributed by atoms with van der Waals surface area (Å²) in [5.41, 5.74) is 1.17. The average Bonchev–Trinajstić information content (AvgIpc) is 2.48. The molecule has 116 valence electrons. The number of rotatable bonds is 7. The van der Waals surface area contributed by atoms with Gasteiger partial charge in [0.15, 0.2) is 0 Å². The van der Waals surface area contributed by atoms with Gasteiger partial charge in [-0.25, -0.2) is 0 Å². The summed E-state index contributed by atoms with van der Waals surface area (Å²) in [5.74, 6) is 0.151. The van der Waals surface area contributed by atoms with Gasteiger partial charge >= 0.3 is 0 Å².